The summed E-state index contributed by atoms with van der Waals surface area (Å²) >= 11 is 13.1. The van der Waals surface area contributed by atoms with E-state index in [4.69, 9.17) is 23.2 Å². The van der Waals surface area contributed by atoms with Gasteiger partial charge >= 0.3 is 0 Å². The molecule has 1 aromatic heterocycles. The predicted octanol–water partition coefficient (Wildman–Crippen LogP) is 4.94. The van der Waals surface area contributed by atoms with Crippen molar-refractivity contribution in [1.29, 1.82) is 0 Å². The summed E-state index contributed by atoms with van der Waals surface area (Å²) < 4.78 is 0.940. The normalized spacial score (nSPS) is 10.8. The van der Waals surface area contributed by atoms with Gasteiger partial charge in [-0.25, -0.2) is 4.98 Å². The van der Waals surface area contributed by atoms with Gasteiger partial charge in [-0.3, -0.25) is 10.1 Å². The maximum absolute atomic E-state index is 12.2. The van der Waals surface area contributed by atoms with E-state index in [1.165, 1.54) is 11.3 Å². The number of aromatic nitrogens is 1. The number of carbonyl (C=O) groups excluding carboxylic acids is 1. The van der Waals surface area contributed by atoms with Crippen molar-refractivity contribution < 1.29 is 4.79 Å². The number of benzene rings is 2. The van der Waals surface area contributed by atoms with Gasteiger partial charge in [0.25, 0.3) is 5.91 Å². The van der Waals surface area contributed by atoms with Crippen LogP contribution >= 0.6 is 34.5 Å². The number of amides is 1. The first-order chi connectivity index (χ1) is 10.2. The minimum atomic E-state index is -0.193. The maximum Gasteiger partial charge on any atom is 0.257 e. The number of fused-ring (bicyclic) bond motifs is 1. The van der Waals surface area contributed by atoms with Gasteiger partial charge in [0.15, 0.2) is 5.13 Å². The van der Waals surface area contributed by atoms with Crippen molar-refractivity contribution in [3.8, 4) is 0 Å². The Morgan fingerprint density at radius 1 is 1.19 bits per heavy atom. The highest BCUT2D eigenvalue weighted by molar-refractivity contribution is 7.22. The van der Waals surface area contributed by atoms with Gasteiger partial charge < -0.3 is 0 Å². The molecule has 0 radical (unpaired) electrons. The molecule has 1 N–H and O–H groups in total. The number of anilines is 1. The molecule has 0 saturated heterocycles. The molecule has 0 aliphatic rings. The molecule has 3 nitrogen and oxygen atoms in total. The summed E-state index contributed by atoms with van der Waals surface area (Å²) in [7, 11) is 0. The fourth-order valence-corrected chi connectivity index (χ4v) is 3.18. The van der Waals surface area contributed by atoms with Crippen LogP contribution in [0.3, 0.4) is 0 Å². The third-order valence-corrected chi connectivity index (χ3v) is 4.42. The summed E-state index contributed by atoms with van der Waals surface area (Å²) in [6, 6.07) is 12.6. The molecule has 0 bridgehead atoms. The van der Waals surface area contributed by atoms with Crippen molar-refractivity contribution in [3.63, 3.8) is 0 Å². The lowest BCUT2D eigenvalue weighted by Gasteiger charge is -2.02. The number of hydrogen-bond acceptors (Lipinski definition) is 3. The first kappa shape index (κ1) is 14.3. The minimum absolute atomic E-state index is 0.193. The second-order valence-electron chi connectivity index (χ2n) is 4.42. The van der Waals surface area contributed by atoms with Crippen LogP contribution in [0.5, 0.6) is 0 Å². The van der Waals surface area contributed by atoms with Crippen LogP contribution in [0.1, 0.15) is 15.9 Å². The van der Waals surface area contributed by atoms with Crippen LogP contribution in [0.2, 0.25) is 5.02 Å². The van der Waals surface area contributed by atoms with Crippen molar-refractivity contribution in [2.45, 2.75) is 5.88 Å². The van der Waals surface area contributed by atoms with Gasteiger partial charge in [0, 0.05) is 16.5 Å². The summed E-state index contributed by atoms with van der Waals surface area (Å²) in [5.74, 6) is 0.238. The summed E-state index contributed by atoms with van der Waals surface area (Å²) in [5, 5.41) is 4.00. The van der Waals surface area contributed by atoms with E-state index in [-0.39, 0.29) is 5.91 Å². The van der Waals surface area contributed by atoms with E-state index in [9.17, 15) is 4.79 Å². The fourth-order valence-electron chi connectivity index (χ4n) is 1.87. The molecule has 2 aromatic carbocycles. The van der Waals surface area contributed by atoms with Crippen LogP contribution in [-0.2, 0) is 5.88 Å². The molecule has 21 heavy (non-hydrogen) atoms. The molecule has 1 amide bonds. The third-order valence-electron chi connectivity index (χ3n) is 2.94. The fraction of sp³-hybridized carbons (Fsp3) is 0.0667. The van der Waals surface area contributed by atoms with E-state index in [0.717, 1.165) is 15.8 Å². The Bertz CT molecular complexity index is 799. The number of nitrogens with one attached hydrogen (secondary N) is 1. The molecule has 0 aliphatic carbocycles. The number of halogens is 2. The number of rotatable bonds is 3. The highest BCUT2D eigenvalue weighted by Crippen LogP contribution is 2.28. The molecule has 0 fully saturated rings. The molecule has 0 saturated carbocycles. The smallest absolute Gasteiger partial charge is 0.257 e. The van der Waals surface area contributed by atoms with E-state index in [1.807, 2.05) is 24.3 Å². The molecule has 0 spiro atoms. The maximum atomic E-state index is 12.2. The zero-order valence-electron chi connectivity index (χ0n) is 10.8. The first-order valence-corrected chi connectivity index (χ1v) is 7.91. The van der Waals surface area contributed by atoms with Crippen molar-refractivity contribution in [2.24, 2.45) is 0 Å². The van der Waals surface area contributed by atoms with Gasteiger partial charge in [-0.05, 0) is 35.9 Å². The van der Waals surface area contributed by atoms with Crippen LogP contribution in [0, 0.1) is 0 Å². The predicted molar refractivity (Wildman–Crippen MR) is 88.6 cm³/mol. The van der Waals surface area contributed by atoms with E-state index in [2.05, 4.69) is 10.3 Å². The van der Waals surface area contributed by atoms with Crippen LogP contribution in [0.25, 0.3) is 10.2 Å². The Kier molecular flexibility index (Phi) is 4.10. The van der Waals surface area contributed by atoms with Crippen molar-refractivity contribution in [3.05, 3.63) is 58.6 Å². The lowest BCUT2D eigenvalue weighted by molar-refractivity contribution is 0.102. The highest BCUT2D eigenvalue weighted by Gasteiger charge is 2.10. The molecule has 3 rings (SSSR count). The molecule has 6 heteroatoms. The van der Waals surface area contributed by atoms with Gasteiger partial charge in [0.05, 0.1) is 10.2 Å². The van der Waals surface area contributed by atoms with E-state index >= 15 is 0 Å². The van der Waals surface area contributed by atoms with E-state index in [0.29, 0.717) is 21.6 Å². The highest BCUT2D eigenvalue weighted by atomic mass is 35.5. The average Bonchev–Trinajstić information content (AvgIpc) is 2.88. The number of hydrogen-bond donors (Lipinski definition) is 1. The lowest BCUT2D eigenvalue weighted by atomic mass is 10.1. The third kappa shape index (κ3) is 3.18. The molecule has 0 aliphatic heterocycles. The van der Waals surface area contributed by atoms with Crippen LogP contribution < -0.4 is 5.32 Å². The molecule has 0 unspecified atom stereocenters. The Hall–Kier alpha value is -1.62. The average molecular weight is 337 g/mol. The standard InChI is InChI=1S/C15H10Cl2N2OS/c16-8-9-1-3-10(4-2-9)14(20)19-15-18-12-6-5-11(17)7-13(12)21-15/h1-7H,8H2,(H,18,19,20). The minimum Gasteiger partial charge on any atom is -0.298 e. The SMILES string of the molecule is O=C(Nc1nc2ccc(Cl)cc2s1)c1ccc(CCl)cc1. The number of carbonyl (C=O) groups is 1. The second kappa shape index (κ2) is 6.02. The first-order valence-electron chi connectivity index (χ1n) is 6.18. The Balaban J connectivity index is 1.81. The summed E-state index contributed by atoms with van der Waals surface area (Å²) in [6.07, 6.45) is 0. The molecule has 106 valence electrons. The topological polar surface area (TPSA) is 42.0 Å². The van der Waals surface area contributed by atoms with Gasteiger partial charge in [0.1, 0.15) is 0 Å². The van der Waals surface area contributed by atoms with Crippen molar-refractivity contribution >= 4 is 55.8 Å². The summed E-state index contributed by atoms with van der Waals surface area (Å²) in [5.41, 5.74) is 2.36. The van der Waals surface area contributed by atoms with Crippen molar-refractivity contribution in [2.75, 3.05) is 5.32 Å². The summed E-state index contributed by atoms with van der Waals surface area (Å²) in [6.45, 7) is 0. The molecule has 0 atom stereocenters. The summed E-state index contributed by atoms with van der Waals surface area (Å²) in [4.78, 5) is 16.5. The van der Waals surface area contributed by atoms with Crippen LogP contribution in [0.15, 0.2) is 42.5 Å². The zero-order valence-corrected chi connectivity index (χ0v) is 13.1. The monoisotopic (exact) mass is 336 g/mol. The van der Waals surface area contributed by atoms with Gasteiger partial charge in [-0.15, -0.1) is 11.6 Å². The number of nitrogens with zero attached hydrogens (tertiary/aromatic N) is 1. The molecule has 1 heterocycles. The Labute approximate surface area is 135 Å². The lowest BCUT2D eigenvalue weighted by Crippen LogP contribution is -2.11. The van der Waals surface area contributed by atoms with Crippen molar-refractivity contribution in [1.82, 2.24) is 4.98 Å². The van der Waals surface area contributed by atoms with E-state index < -0.39 is 0 Å². The number of thiazole rings is 1. The molecule has 3 aromatic rings. The van der Waals surface area contributed by atoms with Gasteiger partial charge in [0.2, 0.25) is 0 Å². The van der Waals surface area contributed by atoms with Crippen LogP contribution in [-0.4, -0.2) is 10.9 Å². The van der Waals surface area contributed by atoms with Gasteiger partial charge in [-0.1, -0.05) is 35.1 Å². The molecular weight excluding hydrogens is 327 g/mol. The van der Waals surface area contributed by atoms with E-state index in [1.54, 1.807) is 18.2 Å². The van der Waals surface area contributed by atoms with Crippen LogP contribution in [0.4, 0.5) is 5.13 Å². The Morgan fingerprint density at radius 3 is 2.67 bits per heavy atom. The van der Waals surface area contributed by atoms with Gasteiger partial charge in [-0.2, -0.15) is 0 Å². The Morgan fingerprint density at radius 2 is 1.95 bits per heavy atom. The largest absolute Gasteiger partial charge is 0.298 e. The quantitative estimate of drug-likeness (QED) is 0.688. The zero-order chi connectivity index (χ0) is 14.8. The molecular formula is C15H10Cl2N2OS. The number of alkyl halides is 1. The second-order valence-corrected chi connectivity index (χ2v) is 6.15.